The number of hydrogen-bond acceptors (Lipinski definition) is 5. The van der Waals surface area contributed by atoms with Crippen LogP contribution in [0.4, 0.5) is 10.1 Å². The molecule has 3 aromatic rings. The van der Waals surface area contributed by atoms with Crippen LogP contribution in [0.1, 0.15) is 56.9 Å². The van der Waals surface area contributed by atoms with E-state index in [0.717, 1.165) is 42.3 Å². The van der Waals surface area contributed by atoms with Gasteiger partial charge in [-0.25, -0.2) is 8.70 Å². The van der Waals surface area contributed by atoms with Crippen molar-refractivity contribution in [1.82, 2.24) is 4.31 Å². The molecule has 1 aromatic carbocycles. The second kappa shape index (κ2) is 9.39. The molecule has 2 aromatic heterocycles. The molecule has 1 spiro atoms. The van der Waals surface area contributed by atoms with Crippen LogP contribution >= 0.6 is 43.1 Å². The monoisotopic (exact) mass is 562 g/mol. The predicted octanol–water partition coefficient (Wildman–Crippen LogP) is 8.44. The summed E-state index contributed by atoms with van der Waals surface area (Å²) in [7, 11) is 1.17. The van der Waals surface area contributed by atoms with Gasteiger partial charge in [0.1, 0.15) is 6.17 Å². The van der Waals surface area contributed by atoms with Crippen LogP contribution in [0.25, 0.3) is 20.9 Å². The number of aryl methyl sites for hydroxylation is 1. The van der Waals surface area contributed by atoms with Crippen LogP contribution in [-0.4, -0.2) is 45.0 Å². The Balaban J connectivity index is 1.43. The highest BCUT2D eigenvalue weighted by Gasteiger charge is 2.56. The molecule has 1 atom stereocenters. The predicted molar refractivity (Wildman–Crippen MR) is 156 cm³/mol. The largest absolute Gasteiger partial charge is 0.391 e. The van der Waals surface area contributed by atoms with E-state index >= 15 is 0 Å². The zero-order valence-corrected chi connectivity index (χ0v) is 24.3. The Morgan fingerprint density at radius 3 is 2.75 bits per heavy atom. The van der Waals surface area contributed by atoms with Crippen molar-refractivity contribution in [3.8, 4) is 11.1 Å². The summed E-state index contributed by atoms with van der Waals surface area (Å²) in [4.78, 5) is 3.63. The van der Waals surface area contributed by atoms with Crippen molar-refractivity contribution < 1.29 is 9.50 Å². The molecule has 8 heteroatoms. The van der Waals surface area contributed by atoms with Gasteiger partial charge in [0.25, 0.3) is 0 Å². The van der Waals surface area contributed by atoms with Gasteiger partial charge in [-0.2, -0.15) is 0 Å². The van der Waals surface area contributed by atoms with Gasteiger partial charge in [0, 0.05) is 65.9 Å². The van der Waals surface area contributed by atoms with Gasteiger partial charge in [0.2, 0.25) is 0 Å². The summed E-state index contributed by atoms with van der Waals surface area (Å²) >= 11 is 10.3. The minimum absolute atomic E-state index is 0.0278. The first-order valence-corrected chi connectivity index (χ1v) is 15.8. The first-order chi connectivity index (χ1) is 17.2. The lowest BCUT2D eigenvalue weighted by atomic mass is 9.73. The Kier molecular flexibility index (Phi) is 6.63. The van der Waals surface area contributed by atoms with E-state index in [0.29, 0.717) is 18.9 Å². The molecule has 192 valence electrons. The van der Waals surface area contributed by atoms with Crippen LogP contribution in [-0.2, 0) is 13.0 Å². The second-order valence-electron chi connectivity index (χ2n) is 11.6. The molecule has 1 saturated heterocycles. The third kappa shape index (κ3) is 4.50. The molecular formula is C28H33ClFN2OPS2. The number of anilines is 1. The zero-order chi connectivity index (χ0) is 25.2. The van der Waals surface area contributed by atoms with Gasteiger partial charge >= 0.3 is 0 Å². The fourth-order valence-electron chi connectivity index (χ4n) is 6.38. The molecule has 3 aliphatic rings. The minimum atomic E-state index is -0.671. The van der Waals surface area contributed by atoms with Gasteiger partial charge in [-0.15, -0.1) is 11.3 Å². The normalized spacial score (nSPS) is 26.8. The Labute approximate surface area is 228 Å². The molecule has 0 bridgehead atoms. The fraction of sp³-hybridized carbons (Fsp3) is 0.536. The summed E-state index contributed by atoms with van der Waals surface area (Å²) in [6.45, 7) is 8.81. The first-order valence-electron chi connectivity index (χ1n) is 12.8. The first kappa shape index (κ1) is 25.4. The number of rotatable bonds is 4. The highest BCUT2D eigenvalue weighted by atomic mass is 35.5. The number of fused-ring (bicyclic) bond motifs is 2. The van der Waals surface area contributed by atoms with E-state index in [9.17, 15) is 9.50 Å². The number of alkyl halides is 1. The van der Waals surface area contributed by atoms with Crippen molar-refractivity contribution in [2.24, 2.45) is 0 Å². The van der Waals surface area contributed by atoms with E-state index < -0.39 is 6.17 Å². The standard InChI is InChI=1S/C28H33ClFN2OPS2/c1-27(2,3)36-32-15-20(14-28(32)12-19(30)13-28)31-7-4-5-17-9-18(29)10-23(25(17)31)22-6-8-34-24-11-21(16-33)35-26(22)24/h6,8-11,19-20,33H,4-5,7,12-16H2,1-3H3. The Bertz CT molecular complexity index is 1300. The SMILES string of the molecule is CC(C)(C)SN1CC(N2CCCc3cc(Cl)cc(-c4ccpc5cc(CO)sc45)c32)CC12CC(F)C2. The van der Waals surface area contributed by atoms with E-state index in [1.807, 2.05) is 11.9 Å². The summed E-state index contributed by atoms with van der Waals surface area (Å²) in [6.07, 6.45) is 3.79. The second-order valence-corrected chi connectivity index (χ2v) is 16.0. The number of aliphatic hydroxyl groups excluding tert-OH is 1. The highest BCUT2D eigenvalue weighted by molar-refractivity contribution is 7.98. The van der Waals surface area contributed by atoms with Crippen LogP contribution in [0.2, 0.25) is 5.02 Å². The maximum atomic E-state index is 14.3. The van der Waals surface area contributed by atoms with Gasteiger partial charge < -0.3 is 10.0 Å². The Morgan fingerprint density at radius 1 is 1.22 bits per heavy atom. The molecular weight excluding hydrogens is 530 g/mol. The van der Waals surface area contributed by atoms with Crippen LogP contribution in [0.5, 0.6) is 0 Å². The number of benzene rings is 1. The maximum absolute atomic E-state index is 14.3. The van der Waals surface area contributed by atoms with Gasteiger partial charge in [-0.05, 0) is 88.5 Å². The number of hydrogen-bond donors (Lipinski definition) is 1. The lowest BCUT2D eigenvalue weighted by Gasteiger charge is -2.48. The molecule has 6 rings (SSSR count). The van der Waals surface area contributed by atoms with Crippen molar-refractivity contribution >= 4 is 58.6 Å². The van der Waals surface area contributed by atoms with Crippen LogP contribution in [0, 0.1) is 0 Å². The molecule has 2 fully saturated rings. The molecule has 2 aliphatic heterocycles. The van der Waals surface area contributed by atoms with Crippen molar-refractivity contribution in [3.05, 3.63) is 45.5 Å². The average molecular weight is 563 g/mol. The number of thiophene rings is 1. The maximum Gasteiger partial charge on any atom is 0.104 e. The highest BCUT2D eigenvalue weighted by Crippen LogP contribution is 2.54. The van der Waals surface area contributed by atoms with Crippen LogP contribution in [0.3, 0.4) is 0 Å². The molecule has 0 amide bonds. The van der Waals surface area contributed by atoms with Gasteiger partial charge in [0.05, 0.1) is 6.61 Å². The van der Waals surface area contributed by atoms with E-state index in [1.54, 1.807) is 11.3 Å². The zero-order valence-electron chi connectivity index (χ0n) is 21.1. The van der Waals surface area contributed by atoms with Gasteiger partial charge in [0.15, 0.2) is 0 Å². The fourth-order valence-corrected chi connectivity index (χ4v) is 10.1. The molecule has 3 nitrogen and oxygen atoms in total. The average Bonchev–Trinajstić information content (AvgIpc) is 3.38. The topological polar surface area (TPSA) is 26.7 Å². The quantitative estimate of drug-likeness (QED) is 0.323. The van der Waals surface area contributed by atoms with Crippen molar-refractivity contribution in [3.63, 3.8) is 0 Å². The summed E-state index contributed by atoms with van der Waals surface area (Å²) in [5, 5.41) is 11.8. The van der Waals surface area contributed by atoms with E-state index in [1.165, 1.54) is 40.4 Å². The molecule has 1 aliphatic carbocycles. The van der Waals surface area contributed by atoms with Gasteiger partial charge in [-0.3, -0.25) is 0 Å². The summed E-state index contributed by atoms with van der Waals surface area (Å²) in [5.74, 6) is 2.20. The Hall–Kier alpha value is -0.880. The molecule has 1 unspecified atom stereocenters. The lowest BCUT2D eigenvalue weighted by Crippen LogP contribution is -2.53. The van der Waals surface area contributed by atoms with E-state index in [-0.39, 0.29) is 16.9 Å². The van der Waals surface area contributed by atoms with Crippen LogP contribution < -0.4 is 4.90 Å². The minimum Gasteiger partial charge on any atom is -0.391 e. The molecule has 4 heterocycles. The summed E-state index contributed by atoms with van der Waals surface area (Å²) in [5.41, 5.74) is 5.01. The molecule has 0 radical (unpaired) electrons. The number of nitrogens with zero attached hydrogens (tertiary/aromatic N) is 2. The van der Waals surface area contributed by atoms with Crippen molar-refractivity contribution in [2.75, 3.05) is 18.0 Å². The van der Waals surface area contributed by atoms with E-state index in [2.05, 4.69) is 60.0 Å². The van der Waals surface area contributed by atoms with Crippen molar-refractivity contribution in [2.45, 2.75) is 82.0 Å². The van der Waals surface area contributed by atoms with E-state index in [4.69, 9.17) is 11.6 Å². The smallest absolute Gasteiger partial charge is 0.104 e. The number of halogens is 2. The molecule has 1 N–H and O–H groups in total. The molecule has 1 saturated carbocycles. The lowest BCUT2D eigenvalue weighted by molar-refractivity contribution is 0.0381. The number of aliphatic hydroxyl groups is 1. The van der Waals surface area contributed by atoms with Crippen molar-refractivity contribution in [1.29, 1.82) is 0 Å². The van der Waals surface area contributed by atoms with Crippen LogP contribution in [0.15, 0.2) is 30.1 Å². The third-order valence-electron chi connectivity index (χ3n) is 7.74. The van der Waals surface area contributed by atoms with Gasteiger partial charge in [-0.1, -0.05) is 31.7 Å². The Morgan fingerprint density at radius 2 is 2.03 bits per heavy atom. The summed E-state index contributed by atoms with van der Waals surface area (Å²) in [6, 6.07) is 9.01. The summed E-state index contributed by atoms with van der Waals surface area (Å²) < 4.78 is 18.1. The third-order valence-corrected chi connectivity index (χ3v) is 11.5. The molecule has 36 heavy (non-hydrogen) atoms.